The molecule has 0 saturated carbocycles. The van der Waals surface area contributed by atoms with Crippen LogP contribution >= 0.6 is 0 Å². The highest BCUT2D eigenvalue weighted by molar-refractivity contribution is 4.94. The maximum atomic E-state index is 4.57. The van der Waals surface area contributed by atoms with E-state index in [1.54, 1.807) is 0 Å². The van der Waals surface area contributed by atoms with Gasteiger partial charge in [0.25, 0.3) is 5.82 Å². The van der Waals surface area contributed by atoms with Gasteiger partial charge in [-0.2, -0.15) is 0 Å². The Labute approximate surface area is 103 Å². The second-order valence-corrected chi connectivity index (χ2v) is 3.69. The van der Waals surface area contributed by atoms with E-state index in [9.17, 15) is 0 Å². The molecule has 0 saturated heterocycles. The van der Waals surface area contributed by atoms with Crippen LogP contribution in [-0.2, 0) is 25.9 Å². The Bertz CT molecular complexity index is 388. The molecule has 3 nitrogen and oxygen atoms in total. The van der Waals surface area contributed by atoms with Gasteiger partial charge in [-0.25, -0.2) is 4.57 Å². The summed E-state index contributed by atoms with van der Waals surface area (Å²) < 4.78 is 4.11. The van der Waals surface area contributed by atoms with Gasteiger partial charge in [0.05, 0.1) is 19.4 Å². The van der Waals surface area contributed by atoms with Crippen LogP contribution in [0.4, 0.5) is 0 Å². The summed E-state index contributed by atoms with van der Waals surface area (Å²) in [5.74, 6) is 2.12. The molecule has 1 aromatic heterocycles. The van der Waals surface area contributed by atoms with E-state index in [4.69, 9.17) is 0 Å². The highest BCUT2D eigenvalue weighted by Gasteiger charge is 2.21. The van der Waals surface area contributed by atoms with Gasteiger partial charge in [0.1, 0.15) is 6.54 Å². The molecule has 1 aromatic rings. The van der Waals surface area contributed by atoms with Gasteiger partial charge < -0.3 is 0 Å². The number of allylic oxidation sites excluding steroid dienone is 4. The minimum atomic E-state index is 0.706. The van der Waals surface area contributed by atoms with E-state index in [1.807, 2.05) is 29.0 Å². The van der Waals surface area contributed by atoms with Crippen LogP contribution in [0.5, 0.6) is 0 Å². The fraction of sp³-hybridized carbons (Fsp3) is 0.286. The van der Waals surface area contributed by atoms with Crippen LogP contribution in [0.25, 0.3) is 0 Å². The lowest BCUT2D eigenvalue weighted by Gasteiger charge is -1.99. The van der Waals surface area contributed by atoms with Crippen molar-refractivity contribution in [3.63, 3.8) is 0 Å². The highest BCUT2D eigenvalue weighted by Crippen LogP contribution is 2.01. The van der Waals surface area contributed by atoms with Crippen LogP contribution in [0, 0.1) is 0 Å². The number of hydrogen-bond acceptors (Lipinski definition) is 1. The molecule has 17 heavy (non-hydrogen) atoms. The van der Waals surface area contributed by atoms with Crippen molar-refractivity contribution in [1.29, 1.82) is 0 Å². The molecule has 0 unspecified atom stereocenters. The fourth-order valence-electron chi connectivity index (χ4n) is 1.77. The molecule has 0 aliphatic rings. The van der Waals surface area contributed by atoms with E-state index in [-0.39, 0.29) is 0 Å². The molecular weight excluding hydrogens is 210 g/mol. The lowest BCUT2D eigenvalue weighted by Crippen LogP contribution is -2.40. The van der Waals surface area contributed by atoms with E-state index >= 15 is 0 Å². The number of aromatic nitrogens is 3. The van der Waals surface area contributed by atoms with Crippen LogP contribution in [0.15, 0.2) is 50.6 Å². The fourth-order valence-corrected chi connectivity index (χ4v) is 1.77. The lowest BCUT2D eigenvalue weighted by atomic mass is 10.3. The zero-order valence-corrected chi connectivity index (χ0v) is 10.3. The molecular formula is C14H20N3+. The Hall–Kier alpha value is -1.90. The van der Waals surface area contributed by atoms with Gasteiger partial charge in [0, 0.05) is 5.10 Å². The monoisotopic (exact) mass is 230 g/mol. The van der Waals surface area contributed by atoms with E-state index in [0.717, 1.165) is 31.0 Å². The Kier molecular flexibility index (Phi) is 5.14. The van der Waals surface area contributed by atoms with Crippen molar-refractivity contribution in [1.82, 2.24) is 9.78 Å². The maximum Gasteiger partial charge on any atom is 0.281 e. The number of nitrogens with zero attached hydrogens (tertiary/aromatic N) is 3. The summed E-state index contributed by atoms with van der Waals surface area (Å²) in [5.41, 5.74) is 0. The summed E-state index contributed by atoms with van der Waals surface area (Å²) in [6.45, 7) is 16.5. The zero-order chi connectivity index (χ0) is 12.7. The van der Waals surface area contributed by atoms with Gasteiger partial charge in [0.2, 0.25) is 5.82 Å². The SMILES string of the molecule is C=CCc1nn(CC=C)c(CC=C)[n+]1CC=C. The topological polar surface area (TPSA) is 21.7 Å². The van der Waals surface area contributed by atoms with Crippen LogP contribution < -0.4 is 4.57 Å². The average Bonchev–Trinajstić information content (AvgIpc) is 2.61. The highest BCUT2D eigenvalue weighted by atomic mass is 15.4. The van der Waals surface area contributed by atoms with Crippen molar-refractivity contribution in [2.45, 2.75) is 25.9 Å². The molecule has 3 heteroatoms. The van der Waals surface area contributed by atoms with Crippen molar-refractivity contribution < 1.29 is 4.57 Å². The van der Waals surface area contributed by atoms with E-state index in [0.29, 0.717) is 6.54 Å². The minimum absolute atomic E-state index is 0.706. The summed E-state index contributed by atoms with van der Waals surface area (Å²) in [6.07, 6.45) is 8.99. The third-order valence-electron chi connectivity index (χ3n) is 2.42. The molecule has 0 amide bonds. The molecule has 0 radical (unpaired) electrons. The molecule has 0 aliphatic carbocycles. The third-order valence-corrected chi connectivity index (χ3v) is 2.42. The lowest BCUT2D eigenvalue weighted by molar-refractivity contribution is -0.701. The van der Waals surface area contributed by atoms with Crippen molar-refractivity contribution >= 4 is 0 Å². The Morgan fingerprint density at radius 1 is 1.00 bits per heavy atom. The van der Waals surface area contributed by atoms with Gasteiger partial charge in [-0.15, -0.1) is 17.8 Å². The van der Waals surface area contributed by atoms with Crippen molar-refractivity contribution in [2.24, 2.45) is 0 Å². The summed E-state index contributed by atoms with van der Waals surface area (Å²) >= 11 is 0. The number of hydrogen-bond donors (Lipinski definition) is 0. The summed E-state index contributed by atoms with van der Waals surface area (Å²) in [7, 11) is 0. The van der Waals surface area contributed by atoms with Crippen molar-refractivity contribution in [3.8, 4) is 0 Å². The summed E-state index contributed by atoms with van der Waals surface area (Å²) in [4.78, 5) is 0. The third kappa shape index (κ3) is 3.03. The van der Waals surface area contributed by atoms with Crippen LogP contribution in [0.1, 0.15) is 11.6 Å². The molecule has 0 bridgehead atoms. The first-order chi connectivity index (χ1) is 8.28. The smallest absolute Gasteiger partial charge is 0.228 e. The zero-order valence-electron chi connectivity index (χ0n) is 10.3. The Morgan fingerprint density at radius 3 is 2.24 bits per heavy atom. The van der Waals surface area contributed by atoms with Crippen LogP contribution in [0.3, 0.4) is 0 Å². The molecule has 0 spiro atoms. The predicted octanol–water partition coefficient (Wildman–Crippen LogP) is 2.00. The van der Waals surface area contributed by atoms with Gasteiger partial charge in [-0.1, -0.05) is 37.5 Å². The van der Waals surface area contributed by atoms with E-state index in [2.05, 4.69) is 36.0 Å². The molecule has 90 valence electrons. The largest absolute Gasteiger partial charge is 0.281 e. The summed E-state index contributed by atoms with van der Waals surface area (Å²) in [6, 6.07) is 0. The molecule has 0 fully saturated rings. The first-order valence-corrected chi connectivity index (χ1v) is 5.70. The van der Waals surface area contributed by atoms with Gasteiger partial charge in [-0.3, -0.25) is 0 Å². The van der Waals surface area contributed by atoms with Crippen LogP contribution in [-0.4, -0.2) is 9.78 Å². The van der Waals surface area contributed by atoms with E-state index < -0.39 is 0 Å². The van der Waals surface area contributed by atoms with Gasteiger partial charge in [0.15, 0.2) is 0 Å². The second kappa shape index (κ2) is 6.63. The van der Waals surface area contributed by atoms with Crippen molar-refractivity contribution in [2.75, 3.05) is 0 Å². The van der Waals surface area contributed by atoms with Crippen molar-refractivity contribution in [3.05, 3.63) is 62.3 Å². The molecule has 0 aromatic carbocycles. The Morgan fingerprint density at radius 2 is 1.71 bits per heavy atom. The molecule has 1 heterocycles. The van der Waals surface area contributed by atoms with Gasteiger partial charge in [-0.05, 0) is 0 Å². The molecule has 1 rings (SSSR count). The van der Waals surface area contributed by atoms with Gasteiger partial charge >= 0.3 is 0 Å². The number of rotatable bonds is 8. The molecule has 0 aliphatic heterocycles. The Balaban J connectivity index is 3.24. The minimum Gasteiger partial charge on any atom is -0.228 e. The molecule has 0 N–H and O–H groups in total. The second-order valence-electron chi connectivity index (χ2n) is 3.69. The maximum absolute atomic E-state index is 4.57. The van der Waals surface area contributed by atoms with Crippen LogP contribution in [0.2, 0.25) is 0 Å². The first kappa shape index (κ1) is 13.2. The first-order valence-electron chi connectivity index (χ1n) is 5.70. The molecule has 0 atom stereocenters. The predicted molar refractivity (Wildman–Crippen MR) is 70.6 cm³/mol. The van der Waals surface area contributed by atoms with E-state index in [1.165, 1.54) is 0 Å². The average molecular weight is 230 g/mol. The standard InChI is InChI=1S/C14H20N3/c1-5-9-13-15-17(12-8-4)14(10-6-2)16(13)11-7-3/h5-8H,1-4,9-12H2/q+1. The quantitative estimate of drug-likeness (QED) is 0.494. The summed E-state index contributed by atoms with van der Waals surface area (Å²) in [5, 5.41) is 4.57. The normalized spacial score (nSPS) is 9.88.